The quantitative estimate of drug-likeness (QED) is 0.278. The van der Waals surface area contributed by atoms with Gasteiger partial charge in [0.15, 0.2) is 0 Å². The van der Waals surface area contributed by atoms with E-state index in [1.54, 1.807) is 0 Å². The number of amidine groups is 2. The molecule has 2 aromatic carbocycles. The Labute approximate surface area is 154 Å². The lowest BCUT2D eigenvalue weighted by Gasteiger charge is -2.04. The van der Waals surface area contributed by atoms with Crippen LogP contribution in [-0.2, 0) is 0 Å². The van der Waals surface area contributed by atoms with Crippen molar-refractivity contribution in [1.29, 1.82) is 10.8 Å². The maximum atomic E-state index is 7.54. The zero-order valence-electron chi connectivity index (χ0n) is 13.8. The molecule has 0 aliphatic carbocycles. The maximum absolute atomic E-state index is 7.54. The Kier molecular flexibility index (Phi) is 3.82. The van der Waals surface area contributed by atoms with Crippen LogP contribution in [0.4, 0.5) is 0 Å². The molecule has 26 heavy (non-hydrogen) atoms. The van der Waals surface area contributed by atoms with Gasteiger partial charge in [-0.15, -0.1) is 11.3 Å². The van der Waals surface area contributed by atoms with Crippen molar-refractivity contribution in [3.05, 3.63) is 71.1 Å². The van der Waals surface area contributed by atoms with Crippen molar-refractivity contribution in [3.8, 4) is 21.7 Å². The summed E-state index contributed by atoms with van der Waals surface area (Å²) < 4.78 is 0. The first kappa shape index (κ1) is 16.1. The second-order valence-corrected chi connectivity index (χ2v) is 7.14. The van der Waals surface area contributed by atoms with Crippen LogP contribution in [0.1, 0.15) is 10.4 Å². The highest BCUT2D eigenvalue weighted by atomic mass is 32.1. The van der Waals surface area contributed by atoms with Crippen LogP contribution in [0.5, 0.6) is 0 Å². The summed E-state index contributed by atoms with van der Waals surface area (Å²) in [5, 5.41) is 16.2. The van der Waals surface area contributed by atoms with Gasteiger partial charge in [-0.3, -0.25) is 10.8 Å². The van der Waals surface area contributed by atoms with Gasteiger partial charge in [-0.2, -0.15) is 0 Å². The Balaban J connectivity index is 1.71. The molecule has 2 heterocycles. The topological polar surface area (TPSA) is 116 Å². The molecule has 0 aliphatic rings. The third-order valence-electron chi connectivity index (χ3n) is 4.29. The summed E-state index contributed by atoms with van der Waals surface area (Å²) in [6, 6.07) is 19.9. The minimum absolute atomic E-state index is 0.0712. The molecule has 0 fully saturated rings. The van der Waals surface area contributed by atoms with E-state index in [-0.39, 0.29) is 11.7 Å². The molecule has 0 bridgehead atoms. The molecular weight excluding hydrogens is 342 g/mol. The van der Waals surface area contributed by atoms with Crippen LogP contribution in [0.3, 0.4) is 0 Å². The fourth-order valence-electron chi connectivity index (χ4n) is 2.91. The Morgan fingerprint density at radius 1 is 0.808 bits per heavy atom. The van der Waals surface area contributed by atoms with Gasteiger partial charge in [0.2, 0.25) is 0 Å². The van der Waals surface area contributed by atoms with Crippen LogP contribution in [0.25, 0.3) is 32.6 Å². The fourth-order valence-corrected chi connectivity index (χ4v) is 3.75. The lowest BCUT2D eigenvalue weighted by molar-refractivity contribution is 1.42. The Hall–Kier alpha value is -3.38. The average molecular weight is 359 g/mol. The van der Waals surface area contributed by atoms with E-state index in [0.29, 0.717) is 0 Å². The highest BCUT2D eigenvalue weighted by Gasteiger charge is 2.09. The number of fused-ring (bicyclic) bond motifs is 1. The van der Waals surface area contributed by atoms with E-state index in [4.69, 9.17) is 22.3 Å². The standard InChI is InChI=1S/C20H17N5S/c21-19(22)12-3-1-11(2-4-12)13-5-6-14-10-16(25-15(14)9-13)17-7-8-18(26-17)20(23)24/h1-10,25H,(H3,21,22)(H3,23,24). The second-order valence-electron chi connectivity index (χ2n) is 6.05. The van der Waals surface area contributed by atoms with Crippen molar-refractivity contribution in [2.75, 3.05) is 0 Å². The third kappa shape index (κ3) is 2.87. The van der Waals surface area contributed by atoms with Gasteiger partial charge in [0.1, 0.15) is 11.7 Å². The number of aromatic amines is 1. The van der Waals surface area contributed by atoms with Gasteiger partial charge >= 0.3 is 0 Å². The molecule has 0 saturated carbocycles. The molecule has 128 valence electrons. The lowest BCUT2D eigenvalue weighted by atomic mass is 10.0. The zero-order chi connectivity index (χ0) is 18.3. The molecule has 0 radical (unpaired) electrons. The summed E-state index contributed by atoms with van der Waals surface area (Å²) >= 11 is 1.50. The van der Waals surface area contributed by atoms with Gasteiger partial charge < -0.3 is 16.5 Å². The van der Waals surface area contributed by atoms with Gasteiger partial charge in [0.05, 0.1) is 15.4 Å². The van der Waals surface area contributed by atoms with Crippen LogP contribution in [-0.4, -0.2) is 16.7 Å². The first-order chi connectivity index (χ1) is 12.5. The number of aromatic nitrogens is 1. The smallest absolute Gasteiger partial charge is 0.133 e. The number of H-pyrrole nitrogens is 1. The van der Waals surface area contributed by atoms with Gasteiger partial charge in [-0.05, 0) is 35.4 Å². The molecule has 0 aliphatic heterocycles. The highest BCUT2D eigenvalue weighted by molar-refractivity contribution is 7.17. The predicted octanol–water partition coefficient (Wildman–Crippen LogP) is 4.13. The van der Waals surface area contributed by atoms with Gasteiger partial charge in [0, 0.05) is 16.5 Å². The van der Waals surface area contributed by atoms with Crippen LogP contribution in [0, 0.1) is 10.8 Å². The summed E-state index contributed by atoms with van der Waals surface area (Å²) in [5.74, 6) is 0.163. The SMILES string of the molecule is N=C(N)c1ccc(-c2ccc3cc(-c4ccc(C(=N)N)s4)[nH]c3c2)cc1. The largest absolute Gasteiger partial charge is 0.384 e. The minimum atomic E-state index is 0.0712. The Morgan fingerprint density at radius 2 is 1.54 bits per heavy atom. The molecule has 6 heteroatoms. The average Bonchev–Trinajstić information content (AvgIpc) is 3.28. The predicted molar refractivity (Wildman–Crippen MR) is 109 cm³/mol. The summed E-state index contributed by atoms with van der Waals surface area (Å²) in [7, 11) is 0. The van der Waals surface area contributed by atoms with Crippen molar-refractivity contribution in [3.63, 3.8) is 0 Å². The number of benzene rings is 2. The molecule has 0 spiro atoms. The Bertz CT molecular complexity index is 1130. The fraction of sp³-hybridized carbons (Fsp3) is 0. The van der Waals surface area contributed by atoms with Crippen molar-refractivity contribution < 1.29 is 0 Å². The summed E-state index contributed by atoms with van der Waals surface area (Å²) in [5.41, 5.74) is 16.0. The van der Waals surface area contributed by atoms with Gasteiger partial charge in [-0.25, -0.2) is 0 Å². The van der Waals surface area contributed by atoms with Crippen LogP contribution in [0.2, 0.25) is 0 Å². The zero-order valence-corrected chi connectivity index (χ0v) is 14.7. The minimum Gasteiger partial charge on any atom is -0.384 e. The van der Waals surface area contributed by atoms with Crippen molar-refractivity contribution in [2.24, 2.45) is 11.5 Å². The van der Waals surface area contributed by atoms with E-state index in [9.17, 15) is 0 Å². The van der Waals surface area contributed by atoms with Crippen LogP contribution >= 0.6 is 11.3 Å². The van der Waals surface area contributed by atoms with E-state index >= 15 is 0 Å². The lowest BCUT2D eigenvalue weighted by Crippen LogP contribution is -2.10. The third-order valence-corrected chi connectivity index (χ3v) is 5.44. The summed E-state index contributed by atoms with van der Waals surface area (Å²) in [6.07, 6.45) is 0. The molecule has 2 aromatic heterocycles. The number of nitrogens with two attached hydrogens (primary N) is 2. The van der Waals surface area contributed by atoms with Gasteiger partial charge in [0.25, 0.3) is 0 Å². The van der Waals surface area contributed by atoms with Crippen LogP contribution in [0.15, 0.2) is 60.7 Å². The maximum Gasteiger partial charge on any atom is 0.133 e. The molecule has 0 amide bonds. The normalized spacial score (nSPS) is 10.9. The first-order valence-corrected chi connectivity index (χ1v) is 8.85. The molecule has 4 rings (SSSR count). The van der Waals surface area contributed by atoms with Gasteiger partial charge in [-0.1, -0.05) is 36.4 Å². The number of hydrogen-bond acceptors (Lipinski definition) is 3. The molecule has 0 saturated heterocycles. The molecule has 7 N–H and O–H groups in total. The van der Waals surface area contributed by atoms with Crippen LogP contribution < -0.4 is 11.5 Å². The summed E-state index contributed by atoms with van der Waals surface area (Å²) in [6.45, 7) is 0. The van der Waals surface area contributed by atoms with E-state index in [1.165, 1.54) is 11.3 Å². The van der Waals surface area contributed by atoms with E-state index < -0.39 is 0 Å². The van der Waals surface area contributed by atoms with E-state index in [0.717, 1.165) is 43.0 Å². The number of nitrogen functional groups attached to an aromatic ring is 2. The molecule has 0 atom stereocenters. The first-order valence-electron chi connectivity index (χ1n) is 8.03. The number of hydrogen-bond donors (Lipinski definition) is 5. The van der Waals surface area contributed by atoms with E-state index in [1.807, 2.05) is 36.4 Å². The monoisotopic (exact) mass is 359 g/mol. The molecular formula is C20H17N5S. The van der Waals surface area contributed by atoms with Crippen molar-refractivity contribution in [1.82, 2.24) is 4.98 Å². The highest BCUT2D eigenvalue weighted by Crippen LogP contribution is 2.32. The number of thiophene rings is 1. The molecule has 0 unspecified atom stereocenters. The van der Waals surface area contributed by atoms with Crippen molar-refractivity contribution in [2.45, 2.75) is 0 Å². The van der Waals surface area contributed by atoms with E-state index in [2.05, 4.69) is 29.2 Å². The second kappa shape index (κ2) is 6.16. The Morgan fingerprint density at radius 3 is 2.19 bits per heavy atom. The van der Waals surface area contributed by atoms with Crippen molar-refractivity contribution >= 4 is 33.9 Å². The number of nitrogens with one attached hydrogen (secondary N) is 3. The molecule has 5 nitrogen and oxygen atoms in total. The molecule has 4 aromatic rings. The number of rotatable bonds is 4. The summed E-state index contributed by atoms with van der Waals surface area (Å²) in [4.78, 5) is 5.27.